The van der Waals surface area contributed by atoms with Gasteiger partial charge in [-0.2, -0.15) is 0 Å². The Bertz CT molecular complexity index is 797. The van der Waals surface area contributed by atoms with E-state index in [2.05, 4.69) is 0 Å². The predicted molar refractivity (Wildman–Crippen MR) is 122 cm³/mol. The summed E-state index contributed by atoms with van der Waals surface area (Å²) in [6, 6.07) is 0. The summed E-state index contributed by atoms with van der Waals surface area (Å²) in [7, 11) is 0. The first kappa shape index (κ1) is 29.9. The third-order valence-corrected chi connectivity index (χ3v) is 7.05. The maximum Gasteiger partial charge on any atom is 0.303 e. The number of aliphatic hydroxyl groups excluding tert-OH is 2. The minimum atomic E-state index is -2.07. The minimum absolute atomic E-state index is 0.373. The summed E-state index contributed by atoms with van der Waals surface area (Å²) in [6.07, 6.45) is -7.65. The van der Waals surface area contributed by atoms with Gasteiger partial charge in [-0.1, -0.05) is 22.6 Å². The van der Waals surface area contributed by atoms with Crippen LogP contribution >= 0.6 is 34.2 Å². The molecule has 2 saturated heterocycles. The van der Waals surface area contributed by atoms with Gasteiger partial charge in [-0.05, 0) is 0 Å². The number of alkyl halides is 2. The maximum absolute atomic E-state index is 11.9. The van der Waals surface area contributed by atoms with E-state index in [9.17, 15) is 29.4 Å². The van der Waals surface area contributed by atoms with E-state index in [0.717, 1.165) is 27.7 Å². The molecule has 0 aliphatic carbocycles. The van der Waals surface area contributed by atoms with E-state index in [1.165, 1.54) is 0 Å². The van der Waals surface area contributed by atoms with Gasteiger partial charge >= 0.3 is 23.9 Å². The van der Waals surface area contributed by atoms with Crippen molar-refractivity contribution in [3.05, 3.63) is 0 Å². The van der Waals surface area contributed by atoms with Gasteiger partial charge in [0, 0.05) is 27.7 Å². The van der Waals surface area contributed by atoms with Crippen LogP contribution < -0.4 is 0 Å². The highest BCUT2D eigenvalue weighted by atomic mass is 127. The number of aliphatic hydroxyl groups is 2. The molecule has 2 rings (SSSR count). The molecule has 0 aromatic carbocycles. The molecule has 2 aliphatic rings. The van der Waals surface area contributed by atoms with Crippen molar-refractivity contribution in [2.24, 2.45) is 0 Å². The van der Waals surface area contributed by atoms with Crippen molar-refractivity contribution in [2.75, 3.05) is 19.8 Å². The van der Waals surface area contributed by atoms with Gasteiger partial charge in [0.15, 0.2) is 18.3 Å². The van der Waals surface area contributed by atoms with Gasteiger partial charge in [0.1, 0.15) is 24.7 Å². The molecule has 0 saturated carbocycles. The molecule has 200 valence electrons. The number of carbonyl (C=O) groups is 4. The van der Waals surface area contributed by atoms with Crippen LogP contribution in [-0.4, -0.2) is 106 Å². The van der Waals surface area contributed by atoms with Crippen LogP contribution in [0.5, 0.6) is 0 Å². The van der Waals surface area contributed by atoms with E-state index in [-0.39, 0.29) is 6.61 Å². The molecule has 0 unspecified atom stereocenters. The molecule has 2 aliphatic heterocycles. The number of ether oxygens (including phenoxy) is 7. The lowest BCUT2D eigenvalue weighted by Crippen LogP contribution is -2.63. The Hall–Kier alpha value is -1.30. The molecule has 35 heavy (non-hydrogen) atoms. The van der Waals surface area contributed by atoms with Gasteiger partial charge < -0.3 is 43.4 Å². The number of halogens is 2. The summed E-state index contributed by atoms with van der Waals surface area (Å²) in [5, 5.41) is 18.8. The van der Waals surface area contributed by atoms with Crippen LogP contribution in [0.4, 0.5) is 0 Å². The fraction of sp³-hybridized carbons (Fsp3) is 0.800. The van der Waals surface area contributed by atoms with E-state index in [0.29, 0.717) is 0 Å². The fourth-order valence-electron chi connectivity index (χ4n) is 3.69. The van der Waals surface area contributed by atoms with Crippen molar-refractivity contribution in [2.45, 2.75) is 79.6 Å². The van der Waals surface area contributed by atoms with Crippen molar-refractivity contribution < 1.29 is 62.5 Å². The smallest absolute Gasteiger partial charge is 0.303 e. The number of hydrogen-bond acceptors (Lipinski definition) is 13. The van der Waals surface area contributed by atoms with Gasteiger partial charge in [-0.15, -0.1) is 11.6 Å². The summed E-state index contributed by atoms with van der Waals surface area (Å²) in [6.45, 7) is 2.77. The van der Waals surface area contributed by atoms with Crippen LogP contribution in [0.25, 0.3) is 0 Å². The topological polar surface area (TPSA) is 173 Å². The van der Waals surface area contributed by atoms with Gasteiger partial charge in [-0.3, -0.25) is 19.2 Å². The molecule has 0 amide bonds. The zero-order valence-electron chi connectivity index (χ0n) is 19.4. The van der Waals surface area contributed by atoms with E-state index in [1.54, 1.807) is 0 Å². The summed E-state index contributed by atoms with van der Waals surface area (Å²) in [5.74, 6) is -4.98. The first-order chi connectivity index (χ1) is 16.3. The fourth-order valence-corrected chi connectivity index (χ4v) is 5.09. The summed E-state index contributed by atoms with van der Waals surface area (Å²) >= 11 is 8.32. The van der Waals surface area contributed by atoms with Crippen LogP contribution in [0.2, 0.25) is 0 Å². The van der Waals surface area contributed by atoms with Crippen molar-refractivity contribution in [3.63, 3.8) is 0 Å². The van der Waals surface area contributed by atoms with Gasteiger partial charge in [0.25, 0.3) is 0 Å². The monoisotopic (exact) mass is 638 g/mol. The van der Waals surface area contributed by atoms with Crippen LogP contribution in [0.1, 0.15) is 27.7 Å². The lowest BCUT2D eigenvalue weighted by atomic mass is 10.0. The molecule has 2 heterocycles. The van der Waals surface area contributed by atoms with Crippen LogP contribution in [-0.2, 0) is 52.3 Å². The highest BCUT2D eigenvalue weighted by molar-refractivity contribution is 14.1. The SMILES string of the molecule is CC(=O)OC[C@H]1O[C@H](O[C@]2(CO)O[C@H](CO)[C@@H](I)[C@@H]2OC(C)=O)[C@H](OC(C)=O)[C@@H](OC(C)=O)[C@@H]1Cl. The molecule has 9 atom stereocenters. The second-order valence-electron chi connectivity index (χ2n) is 7.84. The predicted octanol–water partition coefficient (Wildman–Crippen LogP) is -0.423. The molecule has 2 fully saturated rings. The third-order valence-electron chi connectivity index (χ3n) is 5.06. The highest BCUT2D eigenvalue weighted by Gasteiger charge is 2.61. The molecule has 15 heteroatoms. The molecule has 0 radical (unpaired) electrons. The van der Waals surface area contributed by atoms with E-state index in [1.807, 2.05) is 22.6 Å². The summed E-state index contributed by atoms with van der Waals surface area (Å²) in [4.78, 5) is 46.8. The zero-order valence-corrected chi connectivity index (χ0v) is 22.3. The zero-order chi connectivity index (χ0) is 26.5. The van der Waals surface area contributed by atoms with Gasteiger partial charge in [0.05, 0.1) is 16.6 Å². The Morgan fingerprint density at radius 2 is 1.49 bits per heavy atom. The Kier molecular flexibility index (Phi) is 10.9. The van der Waals surface area contributed by atoms with Gasteiger partial charge in [-0.25, -0.2) is 0 Å². The normalized spacial score (nSPS) is 36.8. The van der Waals surface area contributed by atoms with Crippen LogP contribution in [0, 0.1) is 0 Å². The summed E-state index contributed by atoms with van der Waals surface area (Å²) in [5.41, 5.74) is 0. The van der Waals surface area contributed by atoms with E-state index >= 15 is 0 Å². The largest absolute Gasteiger partial charge is 0.463 e. The van der Waals surface area contributed by atoms with E-state index < -0.39 is 89.0 Å². The van der Waals surface area contributed by atoms with E-state index in [4.69, 9.17) is 44.8 Å². The second-order valence-corrected chi connectivity index (χ2v) is 9.78. The molecule has 0 aromatic rings. The minimum Gasteiger partial charge on any atom is -0.463 e. The maximum atomic E-state index is 11.9. The first-order valence-electron chi connectivity index (χ1n) is 10.5. The van der Waals surface area contributed by atoms with Crippen molar-refractivity contribution >= 4 is 58.1 Å². The molecule has 0 spiro atoms. The lowest BCUT2D eigenvalue weighted by molar-refractivity contribution is -0.373. The number of hydrogen-bond donors (Lipinski definition) is 2. The second kappa shape index (κ2) is 12.8. The quantitative estimate of drug-likeness (QED) is 0.144. The number of rotatable bonds is 9. The molecule has 0 bridgehead atoms. The standard InChI is InChI=1S/C20H28ClIO13/c1-8(25)29-6-13-14(21)16(30-9(2)26)17(31-10(3)27)19(33-13)35-20(7-24)18(32-11(4)28)15(22)12(5-23)34-20/h12-19,23-24H,5-7H2,1-4H3/t12-,13-,14-,15-,16+,17-,18+,19-,20+/m1/s1. The Morgan fingerprint density at radius 1 is 0.914 bits per heavy atom. The van der Waals surface area contributed by atoms with Crippen molar-refractivity contribution in [3.8, 4) is 0 Å². The van der Waals surface area contributed by atoms with Crippen LogP contribution in [0.3, 0.4) is 0 Å². The summed E-state index contributed by atoms with van der Waals surface area (Å²) < 4.78 is 37.8. The molecule has 13 nitrogen and oxygen atoms in total. The number of carbonyl (C=O) groups excluding carboxylic acids is 4. The van der Waals surface area contributed by atoms with Crippen molar-refractivity contribution in [1.29, 1.82) is 0 Å². The highest BCUT2D eigenvalue weighted by Crippen LogP contribution is 2.42. The Morgan fingerprint density at radius 3 is 1.97 bits per heavy atom. The molecular weight excluding hydrogens is 611 g/mol. The first-order valence-corrected chi connectivity index (χ1v) is 12.2. The number of esters is 4. The Labute approximate surface area is 219 Å². The Balaban J connectivity index is 2.48. The molecule has 0 aromatic heterocycles. The average molecular weight is 639 g/mol. The van der Waals surface area contributed by atoms with Crippen molar-refractivity contribution in [1.82, 2.24) is 0 Å². The molecule has 2 N–H and O–H groups in total. The van der Waals surface area contributed by atoms with Crippen LogP contribution in [0.15, 0.2) is 0 Å². The van der Waals surface area contributed by atoms with Gasteiger partial charge in [0.2, 0.25) is 12.1 Å². The third kappa shape index (κ3) is 7.36. The average Bonchev–Trinajstić information content (AvgIpc) is 3.02. The lowest BCUT2D eigenvalue weighted by Gasteiger charge is -2.45. The molecular formula is C20H28ClIO13.